The van der Waals surface area contributed by atoms with Gasteiger partial charge in [-0.3, -0.25) is 9.59 Å². The molecule has 0 aliphatic carbocycles. The van der Waals surface area contributed by atoms with E-state index >= 15 is 0 Å². The molecular weight excluding hydrogens is 264 g/mol. The van der Waals surface area contributed by atoms with Gasteiger partial charge in [0.2, 0.25) is 11.8 Å². The third kappa shape index (κ3) is 3.98. The second kappa shape index (κ2) is 7.81. The van der Waals surface area contributed by atoms with Crippen LogP contribution in [0.5, 0.6) is 0 Å². The minimum Gasteiger partial charge on any atom is -0.339 e. The zero-order chi connectivity index (χ0) is 15.2. The second-order valence-electron chi connectivity index (χ2n) is 6.47. The number of likely N-dealkylation sites (tertiary alicyclic amines) is 2. The van der Waals surface area contributed by atoms with E-state index < -0.39 is 0 Å². The smallest absolute Gasteiger partial charge is 0.232 e. The van der Waals surface area contributed by atoms with Crippen molar-refractivity contribution >= 4 is 11.8 Å². The van der Waals surface area contributed by atoms with E-state index in [0.717, 1.165) is 51.6 Å². The van der Waals surface area contributed by atoms with Gasteiger partial charge in [-0.1, -0.05) is 13.8 Å². The minimum absolute atomic E-state index is 0.0481. The molecule has 2 rings (SSSR count). The fourth-order valence-electron chi connectivity index (χ4n) is 3.84. The van der Waals surface area contributed by atoms with E-state index in [1.54, 1.807) is 0 Å². The van der Waals surface area contributed by atoms with Gasteiger partial charge >= 0.3 is 0 Å². The van der Waals surface area contributed by atoms with Crippen LogP contribution in [0.25, 0.3) is 0 Å². The Labute approximate surface area is 128 Å². The first-order chi connectivity index (χ1) is 10.2. The summed E-state index contributed by atoms with van der Waals surface area (Å²) in [6.45, 7) is 5.94. The van der Waals surface area contributed by atoms with E-state index in [-0.39, 0.29) is 18.2 Å². The number of amides is 2. The summed E-state index contributed by atoms with van der Waals surface area (Å²) in [5, 5.41) is 0. The number of hydrogen-bond donors (Lipinski definition) is 0. The lowest BCUT2D eigenvalue weighted by molar-refractivity contribution is -0.144. The molecule has 0 spiro atoms. The summed E-state index contributed by atoms with van der Waals surface area (Å²) in [6.07, 6.45) is 8.85. The molecule has 0 aromatic carbocycles. The van der Waals surface area contributed by atoms with Crippen LogP contribution in [0.15, 0.2) is 0 Å². The summed E-state index contributed by atoms with van der Waals surface area (Å²) in [5.41, 5.74) is 0. The number of carbonyl (C=O) groups excluding carboxylic acids is 2. The Kier molecular flexibility index (Phi) is 6.07. The van der Waals surface area contributed by atoms with Crippen LogP contribution >= 0.6 is 0 Å². The van der Waals surface area contributed by atoms with Crippen molar-refractivity contribution in [2.45, 2.75) is 83.7 Å². The van der Waals surface area contributed by atoms with Crippen LogP contribution in [0, 0.1) is 0 Å². The average molecular weight is 294 g/mol. The minimum atomic E-state index is 0.0481. The molecule has 2 aliphatic rings. The van der Waals surface area contributed by atoms with Gasteiger partial charge in [-0.25, -0.2) is 0 Å². The maximum Gasteiger partial charge on any atom is 0.232 e. The fraction of sp³-hybridized carbons (Fsp3) is 0.882. The van der Waals surface area contributed by atoms with Gasteiger partial charge in [0.05, 0.1) is 0 Å². The number of nitrogens with zero attached hydrogens (tertiary/aromatic N) is 2. The molecule has 2 amide bonds. The van der Waals surface area contributed by atoms with Crippen LogP contribution in [0.2, 0.25) is 0 Å². The van der Waals surface area contributed by atoms with Gasteiger partial charge in [0.1, 0.15) is 6.42 Å². The lowest BCUT2D eigenvalue weighted by Crippen LogP contribution is -2.48. The molecule has 4 nitrogen and oxygen atoms in total. The third-order valence-electron chi connectivity index (χ3n) is 5.14. The van der Waals surface area contributed by atoms with Gasteiger partial charge in [0, 0.05) is 25.2 Å². The van der Waals surface area contributed by atoms with Crippen LogP contribution < -0.4 is 0 Å². The van der Waals surface area contributed by atoms with E-state index in [1.165, 1.54) is 12.8 Å². The maximum atomic E-state index is 12.5. The van der Waals surface area contributed by atoms with Gasteiger partial charge in [0.25, 0.3) is 0 Å². The lowest BCUT2D eigenvalue weighted by atomic mass is 9.98. The monoisotopic (exact) mass is 294 g/mol. The molecule has 2 heterocycles. The summed E-state index contributed by atoms with van der Waals surface area (Å²) in [5.74, 6) is 0.0963. The Hall–Kier alpha value is -1.06. The standard InChI is InChI=1S/C17H30N2O2/c1-3-14-9-5-7-11-18(14)16(20)13-17(21)19-12-8-6-10-15(19)4-2/h14-15H,3-13H2,1-2H3/t14-,15-/m0/s1. The van der Waals surface area contributed by atoms with Crippen molar-refractivity contribution < 1.29 is 9.59 Å². The molecule has 2 saturated heterocycles. The molecule has 2 aliphatic heterocycles. The van der Waals surface area contributed by atoms with Crippen molar-refractivity contribution in [3.63, 3.8) is 0 Å². The van der Waals surface area contributed by atoms with Crippen molar-refractivity contribution in [3.05, 3.63) is 0 Å². The normalized spacial score (nSPS) is 26.8. The SMILES string of the molecule is CC[C@H]1CCCCN1C(=O)CC(=O)N1CCCC[C@@H]1CC. The topological polar surface area (TPSA) is 40.6 Å². The Morgan fingerprint density at radius 3 is 1.62 bits per heavy atom. The highest BCUT2D eigenvalue weighted by molar-refractivity contribution is 5.97. The molecule has 21 heavy (non-hydrogen) atoms. The van der Waals surface area contributed by atoms with E-state index in [4.69, 9.17) is 0 Å². The molecule has 0 bridgehead atoms. The lowest BCUT2D eigenvalue weighted by Gasteiger charge is -2.38. The van der Waals surface area contributed by atoms with Gasteiger partial charge in [0.15, 0.2) is 0 Å². The summed E-state index contributed by atoms with van der Waals surface area (Å²) in [7, 11) is 0. The summed E-state index contributed by atoms with van der Waals surface area (Å²) in [6, 6.07) is 0.699. The maximum absolute atomic E-state index is 12.5. The first-order valence-electron chi connectivity index (χ1n) is 8.76. The van der Waals surface area contributed by atoms with Crippen LogP contribution in [-0.2, 0) is 9.59 Å². The number of piperidine rings is 2. The molecule has 0 aromatic heterocycles. The number of carbonyl (C=O) groups is 2. The zero-order valence-electron chi connectivity index (χ0n) is 13.6. The van der Waals surface area contributed by atoms with E-state index in [2.05, 4.69) is 13.8 Å². The first kappa shape index (κ1) is 16.3. The molecule has 0 saturated carbocycles. The molecule has 0 aromatic rings. The summed E-state index contributed by atoms with van der Waals surface area (Å²) >= 11 is 0. The summed E-state index contributed by atoms with van der Waals surface area (Å²) < 4.78 is 0. The van der Waals surface area contributed by atoms with E-state index in [9.17, 15) is 9.59 Å². The fourth-order valence-corrected chi connectivity index (χ4v) is 3.84. The molecular formula is C17H30N2O2. The van der Waals surface area contributed by atoms with Crippen molar-refractivity contribution in [1.82, 2.24) is 9.80 Å². The van der Waals surface area contributed by atoms with Crippen molar-refractivity contribution in [2.24, 2.45) is 0 Å². The highest BCUT2D eigenvalue weighted by Crippen LogP contribution is 2.23. The second-order valence-corrected chi connectivity index (χ2v) is 6.47. The van der Waals surface area contributed by atoms with Crippen LogP contribution in [0.4, 0.5) is 0 Å². The van der Waals surface area contributed by atoms with Crippen LogP contribution in [-0.4, -0.2) is 46.8 Å². The van der Waals surface area contributed by atoms with Gasteiger partial charge in [-0.15, -0.1) is 0 Å². The number of rotatable bonds is 4. The first-order valence-corrected chi connectivity index (χ1v) is 8.76. The molecule has 4 heteroatoms. The molecule has 120 valence electrons. The summed E-state index contributed by atoms with van der Waals surface area (Å²) in [4.78, 5) is 28.9. The van der Waals surface area contributed by atoms with Crippen LogP contribution in [0.3, 0.4) is 0 Å². The largest absolute Gasteiger partial charge is 0.339 e. The molecule has 0 N–H and O–H groups in total. The predicted octanol–water partition coefficient (Wildman–Crippen LogP) is 2.96. The number of hydrogen-bond acceptors (Lipinski definition) is 2. The Morgan fingerprint density at radius 1 is 0.810 bits per heavy atom. The van der Waals surface area contributed by atoms with Crippen molar-refractivity contribution in [1.29, 1.82) is 0 Å². The molecule has 2 fully saturated rings. The molecule has 2 atom stereocenters. The molecule has 0 radical (unpaired) electrons. The van der Waals surface area contributed by atoms with Gasteiger partial charge < -0.3 is 9.80 Å². The van der Waals surface area contributed by atoms with Crippen molar-refractivity contribution in [2.75, 3.05) is 13.1 Å². The predicted molar refractivity (Wildman–Crippen MR) is 83.9 cm³/mol. The quantitative estimate of drug-likeness (QED) is 0.748. The third-order valence-corrected chi connectivity index (χ3v) is 5.14. The van der Waals surface area contributed by atoms with Crippen LogP contribution in [0.1, 0.15) is 71.6 Å². The molecule has 0 unspecified atom stereocenters. The Bertz CT molecular complexity index is 336. The highest BCUT2D eigenvalue weighted by Gasteiger charge is 2.30. The van der Waals surface area contributed by atoms with Gasteiger partial charge in [-0.05, 0) is 51.4 Å². The highest BCUT2D eigenvalue weighted by atomic mass is 16.2. The van der Waals surface area contributed by atoms with E-state index in [0.29, 0.717) is 12.1 Å². The zero-order valence-corrected chi connectivity index (χ0v) is 13.6. The average Bonchev–Trinajstić information content (AvgIpc) is 2.54. The Balaban J connectivity index is 1.92. The van der Waals surface area contributed by atoms with Gasteiger partial charge in [-0.2, -0.15) is 0 Å². The van der Waals surface area contributed by atoms with Crippen molar-refractivity contribution in [3.8, 4) is 0 Å². The van der Waals surface area contributed by atoms with E-state index in [1.807, 2.05) is 9.80 Å². The Morgan fingerprint density at radius 2 is 1.24 bits per heavy atom.